The number of esters is 1. The molecular formula is C46H53F6NO9Si. The summed E-state index contributed by atoms with van der Waals surface area (Å²) >= 11 is 0. The first-order valence-corrected chi connectivity index (χ1v) is 22.4. The minimum absolute atomic E-state index is 0.0592. The fourth-order valence-corrected chi connectivity index (χ4v) is 10.0. The molecule has 1 N–H and O–H groups in total. The molecule has 1 amide bonds. The largest absolute Gasteiger partial charge is 0.500 e. The molecule has 0 radical (unpaired) electrons. The minimum Gasteiger partial charge on any atom is -0.497 e. The molecule has 4 aromatic carbocycles. The highest BCUT2D eigenvalue weighted by molar-refractivity contribution is 6.60. The van der Waals surface area contributed by atoms with Crippen LogP contribution in [0.15, 0.2) is 97.1 Å². The quantitative estimate of drug-likeness (QED) is 0.0205. The van der Waals surface area contributed by atoms with E-state index < -0.39 is 55.2 Å². The Kier molecular flexibility index (Phi) is 17.5. The molecular weight excluding hydrogens is 853 g/mol. The van der Waals surface area contributed by atoms with Crippen molar-refractivity contribution in [1.82, 2.24) is 5.32 Å². The molecule has 1 unspecified atom stereocenters. The van der Waals surface area contributed by atoms with Gasteiger partial charge in [-0.05, 0) is 106 Å². The average molecular weight is 906 g/mol. The van der Waals surface area contributed by atoms with Crippen molar-refractivity contribution in [1.29, 1.82) is 0 Å². The Morgan fingerprint density at radius 1 is 0.619 bits per heavy atom. The molecule has 0 saturated heterocycles. The van der Waals surface area contributed by atoms with E-state index in [-0.39, 0.29) is 29.5 Å². The minimum atomic E-state index is -5.82. The van der Waals surface area contributed by atoms with Gasteiger partial charge in [-0.2, -0.15) is 26.3 Å². The molecule has 4 aromatic rings. The molecule has 0 spiro atoms. The van der Waals surface area contributed by atoms with Gasteiger partial charge in [0.1, 0.15) is 11.5 Å². The van der Waals surface area contributed by atoms with Crippen LogP contribution in [0.5, 0.6) is 11.5 Å². The van der Waals surface area contributed by atoms with E-state index in [1.54, 1.807) is 24.3 Å². The van der Waals surface area contributed by atoms with E-state index in [4.69, 9.17) is 27.5 Å². The van der Waals surface area contributed by atoms with Gasteiger partial charge in [-0.15, -0.1) is 0 Å². The molecule has 0 saturated carbocycles. The third kappa shape index (κ3) is 12.1. The molecule has 4 rings (SSSR count). The van der Waals surface area contributed by atoms with Crippen molar-refractivity contribution >= 4 is 26.7 Å². The van der Waals surface area contributed by atoms with E-state index in [2.05, 4.69) is 5.32 Å². The first-order chi connectivity index (χ1) is 29.8. The lowest BCUT2D eigenvalue weighted by Gasteiger charge is -2.38. The van der Waals surface area contributed by atoms with Gasteiger partial charge in [0.15, 0.2) is 5.78 Å². The van der Waals surface area contributed by atoms with Crippen LogP contribution in [0.2, 0.25) is 6.04 Å². The van der Waals surface area contributed by atoms with Gasteiger partial charge in [0, 0.05) is 43.4 Å². The third-order valence-corrected chi connectivity index (χ3v) is 13.8. The van der Waals surface area contributed by atoms with Crippen molar-refractivity contribution in [2.24, 2.45) is 0 Å². The molecule has 0 aromatic heterocycles. The maximum absolute atomic E-state index is 14.6. The molecule has 0 aliphatic carbocycles. The summed E-state index contributed by atoms with van der Waals surface area (Å²) in [6, 6.07) is 20.4. The number of ketones is 1. The Labute approximate surface area is 364 Å². The first-order valence-electron chi connectivity index (χ1n) is 20.5. The van der Waals surface area contributed by atoms with Gasteiger partial charge in [-0.25, -0.2) is 9.59 Å². The Bertz CT molecular complexity index is 2060. The van der Waals surface area contributed by atoms with Crippen LogP contribution in [0.25, 0.3) is 0 Å². The van der Waals surface area contributed by atoms with Crippen molar-refractivity contribution in [3.8, 4) is 11.5 Å². The van der Waals surface area contributed by atoms with E-state index in [1.165, 1.54) is 26.2 Å². The van der Waals surface area contributed by atoms with Crippen molar-refractivity contribution < 1.29 is 68.2 Å². The van der Waals surface area contributed by atoms with Gasteiger partial charge in [0.25, 0.3) is 0 Å². The predicted octanol–water partition coefficient (Wildman–Crippen LogP) is 10.8. The van der Waals surface area contributed by atoms with Crippen molar-refractivity contribution in [2.75, 3.05) is 40.1 Å². The summed E-state index contributed by atoms with van der Waals surface area (Å²) in [5, 5.41) is 2.75. The van der Waals surface area contributed by atoms with E-state index in [9.17, 15) is 40.7 Å². The molecule has 0 heterocycles. The zero-order chi connectivity index (χ0) is 46.5. The van der Waals surface area contributed by atoms with E-state index in [0.717, 1.165) is 35.4 Å². The maximum atomic E-state index is 14.6. The number of benzene rings is 4. The van der Waals surface area contributed by atoms with Crippen LogP contribution in [0.4, 0.5) is 31.1 Å². The molecule has 0 aliphatic heterocycles. The van der Waals surface area contributed by atoms with E-state index in [1.807, 2.05) is 39.8 Å². The maximum Gasteiger partial charge on any atom is 0.500 e. The number of hydrogen-bond donors (Lipinski definition) is 1. The highest BCUT2D eigenvalue weighted by Gasteiger charge is 2.72. The van der Waals surface area contributed by atoms with Crippen LogP contribution < -0.4 is 14.8 Å². The van der Waals surface area contributed by atoms with E-state index in [0.29, 0.717) is 81.5 Å². The number of alkyl halides is 6. The molecule has 17 heteroatoms. The number of carbonyl (C=O) groups excluding carboxylic acids is 3. The number of hydrogen-bond acceptors (Lipinski definition) is 9. The topological polar surface area (TPSA) is 119 Å². The van der Waals surface area contributed by atoms with Crippen LogP contribution in [0, 0.1) is 0 Å². The van der Waals surface area contributed by atoms with Gasteiger partial charge in [0.2, 0.25) is 5.41 Å². The lowest BCUT2D eigenvalue weighted by Crippen LogP contribution is -2.54. The average Bonchev–Trinajstić information content (AvgIpc) is 3.24. The zero-order valence-electron chi connectivity index (χ0n) is 36.0. The van der Waals surface area contributed by atoms with Crippen molar-refractivity contribution in [3.63, 3.8) is 0 Å². The number of ether oxygens (including phenoxy) is 3. The van der Waals surface area contributed by atoms with Gasteiger partial charge < -0.3 is 32.8 Å². The number of methoxy groups -OCH3 is 1. The summed E-state index contributed by atoms with van der Waals surface area (Å²) < 4.78 is 121. The monoisotopic (exact) mass is 905 g/mol. The smallest absolute Gasteiger partial charge is 0.497 e. The number of nitrogens with one attached hydrogen (secondary N) is 1. The van der Waals surface area contributed by atoms with Crippen LogP contribution >= 0.6 is 0 Å². The Balaban J connectivity index is 1.47. The van der Waals surface area contributed by atoms with Gasteiger partial charge >= 0.3 is 33.2 Å². The highest BCUT2D eigenvalue weighted by Crippen LogP contribution is 2.56. The van der Waals surface area contributed by atoms with Crippen LogP contribution in [0.3, 0.4) is 0 Å². The molecule has 342 valence electrons. The van der Waals surface area contributed by atoms with Crippen LogP contribution in [-0.4, -0.2) is 79.1 Å². The fourth-order valence-electron chi connectivity index (χ4n) is 7.40. The molecule has 0 aliphatic rings. The van der Waals surface area contributed by atoms with Crippen LogP contribution in [0.1, 0.15) is 96.9 Å². The zero-order valence-corrected chi connectivity index (χ0v) is 37.0. The fraction of sp³-hybridized carbons (Fsp3) is 0.413. The lowest BCUT2D eigenvalue weighted by molar-refractivity contribution is -0.288. The summed E-state index contributed by atoms with van der Waals surface area (Å²) in [6.07, 6.45) is -10.7. The number of alkyl carbamates (subject to hydrolysis) is 1. The summed E-state index contributed by atoms with van der Waals surface area (Å²) in [4.78, 5) is 37.8. The molecule has 10 nitrogen and oxygen atoms in total. The standard InChI is InChI=1S/C46H53F6NO9Si/c1-7-59-63(60-8-2,61-9-3)31-11-29-53-42(56)58-30-10-28-43(5,35-16-12-33(13-17-35)32(4)54)36-20-26-40(27-21-36)62-41(55)34-14-18-37(19-15-34)44(45(47,48)49,46(50,51)52)38-22-24-39(57-6)25-23-38/h12-27H,7-11,28-31H2,1-6H3,(H,53,56). The number of carbonyl (C=O) groups is 3. The third-order valence-electron chi connectivity index (χ3n) is 10.6. The number of halogens is 6. The highest BCUT2D eigenvalue weighted by atomic mass is 28.4. The van der Waals surface area contributed by atoms with Gasteiger partial charge in [-0.3, -0.25) is 4.79 Å². The molecule has 1 atom stereocenters. The first kappa shape index (κ1) is 50.4. The Morgan fingerprint density at radius 2 is 1.06 bits per heavy atom. The molecule has 63 heavy (non-hydrogen) atoms. The second-order valence-corrected chi connectivity index (χ2v) is 17.4. The van der Waals surface area contributed by atoms with Gasteiger partial charge in [-0.1, -0.05) is 67.6 Å². The number of amides is 1. The predicted molar refractivity (Wildman–Crippen MR) is 225 cm³/mol. The van der Waals surface area contributed by atoms with Gasteiger partial charge in [0.05, 0.1) is 19.3 Å². The van der Waals surface area contributed by atoms with Crippen molar-refractivity contribution in [2.45, 2.75) is 83.1 Å². The lowest BCUT2D eigenvalue weighted by atomic mass is 9.72. The molecule has 0 fully saturated rings. The Hall–Kier alpha value is -5.23. The second kappa shape index (κ2) is 21.9. The van der Waals surface area contributed by atoms with E-state index >= 15 is 0 Å². The summed E-state index contributed by atoms with van der Waals surface area (Å²) in [5.41, 5.74) is -5.48. The van der Waals surface area contributed by atoms with Crippen molar-refractivity contribution in [3.05, 3.63) is 130 Å². The SMILES string of the molecule is CCO[Si](CCCNC(=O)OCCCC(C)(c1ccc(OC(=O)c2ccc(C(c3ccc(OC)cc3)(C(F)(F)F)C(F)(F)F)cc2)cc1)c1ccc(C(C)=O)cc1)(OCC)OCC. The normalized spacial score (nSPS) is 13.2. The Morgan fingerprint density at radius 3 is 1.52 bits per heavy atom. The second-order valence-electron chi connectivity index (χ2n) is 14.7. The molecule has 0 bridgehead atoms. The summed E-state index contributed by atoms with van der Waals surface area (Å²) in [7, 11) is -1.63. The summed E-state index contributed by atoms with van der Waals surface area (Å²) in [5.74, 6) is -0.995. The number of Topliss-reactive ketones (excluding diaryl/α,β-unsaturated/α-hetero) is 1. The number of rotatable bonds is 22. The summed E-state index contributed by atoms with van der Waals surface area (Å²) in [6.45, 7) is 10.8. The van der Waals surface area contributed by atoms with Crippen LogP contribution in [-0.2, 0) is 28.8 Å².